The Morgan fingerprint density at radius 2 is 2.37 bits per heavy atom. The van der Waals surface area contributed by atoms with E-state index in [2.05, 4.69) is 16.9 Å². The van der Waals surface area contributed by atoms with Crippen molar-refractivity contribution in [2.45, 2.75) is 32.1 Å². The molecule has 1 aromatic heterocycles. The van der Waals surface area contributed by atoms with E-state index < -0.39 is 0 Å². The maximum absolute atomic E-state index is 12.4. The number of hydrogen-bond donors (Lipinski definition) is 1. The highest BCUT2D eigenvalue weighted by molar-refractivity contribution is 5.92. The van der Waals surface area contributed by atoms with E-state index in [4.69, 9.17) is 5.73 Å². The van der Waals surface area contributed by atoms with Gasteiger partial charge < -0.3 is 10.6 Å². The summed E-state index contributed by atoms with van der Waals surface area (Å²) in [6, 6.07) is 1.71. The Hall–Kier alpha value is -1.49. The molecule has 1 saturated carbocycles. The number of likely N-dealkylation sites (tertiary alicyclic amines) is 1. The van der Waals surface area contributed by atoms with Gasteiger partial charge in [-0.3, -0.25) is 4.79 Å². The van der Waals surface area contributed by atoms with Gasteiger partial charge in [-0.05, 0) is 37.3 Å². The SMILES string of the molecule is C[C@@]1(CN)CCN(C(=O)c2ccnc(C3CC3)n2)C1. The number of rotatable bonds is 3. The molecule has 2 fully saturated rings. The third-order valence-electron chi connectivity index (χ3n) is 4.17. The highest BCUT2D eigenvalue weighted by atomic mass is 16.2. The van der Waals surface area contributed by atoms with E-state index in [1.807, 2.05) is 4.90 Å². The lowest BCUT2D eigenvalue weighted by Crippen LogP contribution is -2.35. The minimum absolute atomic E-state index is 0.0153. The van der Waals surface area contributed by atoms with Crippen LogP contribution in [0.25, 0.3) is 0 Å². The first kappa shape index (κ1) is 12.5. The van der Waals surface area contributed by atoms with Gasteiger partial charge in [0.25, 0.3) is 5.91 Å². The monoisotopic (exact) mass is 260 g/mol. The number of aromatic nitrogens is 2. The number of hydrogen-bond acceptors (Lipinski definition) is 4. The topological polar surface area (TPSA) is 72.1 Å². The zero-order valence-electron chi connectivity index (χ0n) is 11.3. The molecule has 2 aliphatic rings. The van der Waals surface area contributed by atoms with Crippen LogP contribution in [0.3, 0.4) is 0 Å². The molecule has 2 heterocycles. The first-order valence-corrected chi connectivity index (χ1v) is 6.94. The van der Waals surface area contributed by atoms with Gasteiger partial charge in [-0.2, -0.15) is 0 Å². The molecule has 0 unspecified atom stereocenters. The molecule has 3 rings (SSSR count). The maximum atomic E-state index is 12.4. The largest absolute Gasteiger partial charge is 0.337 e. The second-order valence-electron chi connectivity index (χ2n) is 6.07. The van der Waals surface area contributed by atoms with Crippen molar-refractivity contribution in [3.05, 3.63) is 23.8 Å². The summed E-state index contributed by atoms with van der Waals surface area (Å²) in [5, 5.41) is 0. The van der Waals surface area contributed by atoms with Gasteiger partial charge in [-0.15, -0.1) is 0 Å². The first-order chi connectivity index (χ1) is 9.11. The summed E-state index contributed by atoms with van der Waals surface area (Å²) >= 11 is 0. The van der Waals surface area contributed by atoms with E-state index in [1.54, 1.807) is 12.3 Å². The van der Waals surface area contributed by atoms with Crippen LogP contribution in [0.4, 0.5) is 0 Å². The van der Waals surface area contributed by atoms with E-state index in [1.165, 1.54) is 0 Å². The number of carbonyl (C=O) groups excluding carboxylic acids is 1. The predicted octanol–water partition coefficient (Wildman–Crippen LogP) is 1.16. The summed E-state index contributed by atoms with van der Waals surface area (Å²) in [7, 11) is 0. The Morgan fingerprint density at radius 1 is 1.58 bits per heavy atom. The molecule has 1 amide bonds. The van der Waals surface area contributed by atoms with Crippen molar-refractivity contribution in [1.29, 1.82) is 0 Å². The molecular weight excluding hydrogens is 240 g/mol. The van der Waals surface area contributed by atoms with Gasteiger partial charge >= 0.3 is 0 Å². The van der Waals surface area contributed by atoms with Crippen molar-refractivity contribution >= 4 is 5.91 Å². The van der Waals surface area contributed by atoms with Gasteiger partial charge in [0.2, 0.25) is 0 Å². The van der Waals surface area contributed by atoms with E-state index in [9.17, 15) is 4.79 Å². The maximum Gasteiger partial charge on any atom is 0.272 e. The van der Waals surface area contributed by atoms with Crippen LogP contribution in [0.15, 0.2) is 12.3 Å². The number of nitrogens with zero attached hydrogens (tertiary/aromatic N) is 3. The highest BCUT2D eigenvalue weighted by Gasteiger charge is 2.36. The van der Waals surface area contributed by atoms with E-state index in [0.717, 1.165) is 38.2 Å². The Morgan fingerprint density at radius 3 is 3.00 bits per heavy atom. The van der Waals surface area contributed by atoms with Crippen LogP contribution in [0, 0.1) is 5.41 Å². The third-order valence-corrected chi connectivity index (χ3v) is 4.17. The van der Waals surface area contributed by atoms with Crippen molar-refractivity contribution in [3.63, 3.8) is 0 Å². The fourth-order valence-corrected chi connectivity index (χ4v) is 2.56. The van der Waals surface area contributed by atoms with E-state index >= 15 is 0 Å². The lowest BCUT2D eigenvalue weighted by atomic mass is 9.90. The number of nitrogens with two attached hydrogens (primary N) is 1. The lowest BCUT2D eigenvalue weighted by Gasteiger charge is -2.22. The molecule has 2 N–H and O–H groups in total. The zero-order chi connectivity index (χ0) is 13.5. The molecule has 1 saturated heterocycles. The standard InChI is InChI=1S/C14H20N4O/c1-14(8-15)5-7-18(9-14)13(19)11-4-6-16-12(17-11)10-2-3-10/h4,6,10H,2-3,5,7-9,15H2,1H3/t14-/m0/s1. The second kappa shape index (κ2) is 4.56. The molecule has 0 radical (unpaired) electrons. The fourth-order valence-electron chi connectivity index (χ4n) is 2.56. The summed E-state index contributed by atoms with van der Waals surface area (Å²) in [6.07, 6.45) is 4.96. The molecule has 1 atom stereocenters. The van der Waals surface area contributed by atoms with Crippen molar-refractivity contribution in [1.82, 2.24) is 14.9 Å². The Kier molecular flexibility index (Phi) is 3.01. The molecule has 5 heteroatoms. The molecule has 0 bridgehead atoms. The predicted molar refractivity (Wildman–Crippen MR) is 71.7 cm³/mol. The number of amides is 1. The Labute approximate surface area is 113 Å². The van der Waals surface area contributed by atoms with Gasteiger partial charge in [0, 0.05) is 25.2 Å². The lowest BCUT2D eigenvalue weighted by molar-refractivity contribution is 0.0770. The smallest absolute Gasteiger partial charge is 0.272 e. The second-order valence-corrected chi connectivity index (χ2v) is 6.07. The van der Waals surface area contributed by atoms with E-state index in [-0.39, 0.29) is 11.3 Å². The molecule has 0 spiro atoms. The fraction of sp³-hybridized carbons (Fsp3) is 0.643. The number of carbonyl (C=O) groups is 1. The van der Waals surface area contributed by atoms with Gasteiger partial charge in [-0.25, -0.2) is 9.97 Å². The quantitative estimate of drug-likeness (QED) is 0.885. The molecule has 1 aliphatic carbocycles. The third kappa shape index (κ3) is 2.47. The minimum atomic E-state index is 0.0153. The molecule has 5 nitrogen and oxygen atoms in total. The van der Waals surface area contributed by atoms with Gasteiger partial charge in [0.15, 0.2) is 0 Å². The minimum Gasteiger partial charge on any atom is -0.337 e. The highest BCUT2D eigenvalue weighted by Crippen LogP contribution is 2.38. The van der Waals surface area contributed by atoms with Crippen molar-refractivity contribution < 1.29 is 4.79 Å². The van der Waals surface area contributed by atoms with Gasteiger partial charge in [0.1, 0.15) is 11.5 Å². The molecule has 1 aliphatic heterocycles. The molecule has 19 heavy (non-hydrogen) atoms. The Bertz CT molecular complexity index is 500. The van der Waals surface area contributed by atoms with E-state index in [0.29, 0.717) is 18.2 Å². The van der Waals surface area contributed by atoms with Crippen LogP contribution in [0.1, 0.15) is 48.4 Å². The summed E-state index contributed by atoms with van der Waals surface area (Å²) in [4.78, 5) is 23.0. The van der Waals surface area contributed by atoms with Crippen LogP contribution < -0.4 is 5.73 Å². The summed E-state index contributed by atoms with van der Waals surface area (Å²) in [6.45, 7) is 4.25. The molecular formula is C14H20N4O. The molecule has 1 aromatic rings. The van der Waals surface area contributed by atoms with Crippen LogP contribution in [0.5, 0.6) is 0 Å². The zero-order valence-corrected chi connectivity index (χ0v) is 11.3. The van der Waals surface area contributed by atoms with Gasteiger partial charge in [-0.1, -0.05) is 6.92 Å². The van der Waals surface area contributed by atoms with Crippen molar-refractivity contribution in [3.8, 4) is 0 Å². The average molecular weight is 260 g/mol. The summed E-state index contributed by atoms with van der Waals surface area (Å²) in [5.41, 5.74) is 6.36. The van der Waals surface area contributed by atoms with Crippen LogP contribution in [-0.4, -0.2) is 40.4 Å². The molecule has 0 aromatic carbocycles. The molecule has 102 valence electrons. The normalized spacial score (nSPS) is 26.7. The van der Waals surface area contributed by atoms with Crippen molar-refractivity contribution in [2.24, 2.45) is 11.1 Å². The summed E-state index contributed by atoms with van der Waals surface area (Å²) < 4.78 is 0. The Balaban J connectivity index is 1.75. The first-order valence-electron chi connectivity index (χ1n) is 6.94. The van der Waals surface area contributed by atoms with Crippen molar-refractivity contribution in [2.75, 3.05) is 19.6 Å². The van der Waals surface area contributed by atoms with Crippen LogP contribution in [-0.2, 0) is 0 Å². The van der Waals surface area contributed by atoms with Gasteiger partial charge in [0.05, 0.1) is 0 Å². The average Bonchev–Trinajstić information content (AvgIpc) is 3.22. The van der Waals surface area contributed by atoms with Crippen LogP contribution >= 0.6 is 0 Å². The van der Waals surface area contributed by atoms with Crippen LogP contribution in [0.2, 0.25) is 0 Å². The summed E-state index contributed by atoms with van der Waals surface area (Å²) in [5.74, 6) is 1.31.